The molecule has 35 heavy (non-hydrogen) atoms. The highest BCUT2D eigenvalue weighted by Crippen LogP contribution is 2.45. The molecule has 2 unspecified atom stereocenters. The molecular formula is C25H22O10. The molecule has 3 aromatic carbocycles. The van der Waals surface area contributed by atoms with Crippen molar-refractivity contribution in [3.8, 4) is 40.2 Å². The fourth-order valence-corrected chi connectivity index (χ4v) is 4.28. The van der Waals surface area contributed by atoms with Crippen LogP contribution in [0.15, 0.2) is 48.5 Å². The number of rotatable bonds is 4. The number of phenols is 3. The number of hydrogen-bond acceptors (Lipinski definition) is 10. The Morgan fingerprint density at radius 1 is 0.829 bits per heavy atom. The molecular weight excluding hydrogens is 460 g/mol. The number of aliphatic hydroxyl groups is 2. The molecule has 0 fully saturated rings. The van der Waals surface area contributed by atoms with Crippen LogP contribution in [0.5, 0.6) is 40.2 Å². The van der Waals surface area contributed by atoms with Crippen molar-refractivity contribution in [1.29, 1.82) is 0 Å². The van der Waals surface area contributed by atoms with Crippen molar-refractivity contribution in [2.45, 2.75) is 24.4 Å². The average molecular weight is 482 g/mol. The molecule has 0 spiro atoms. The predicted molar refractivity (Wildman–Crippen MR) is 119 cm³/mol. The minimum Gasteiger partial charge on any atom is -0.508 e. The third-order valence-electron chi connectivity index (χ3n) is 6.00. The molecule has 2 aliphatic rings. The van der Waals surface area contributed by atoms with Gasteiger partial charge in [-0.15, -0.1) is 0 Å². The first kappa shape index (κ1) is 22.6. The monoisotopic (exact) mass is 482 g/mol. The Bertz CT molecular complexity index is 1300. The Morgan fingerprint density at radius 2 is 1.54 bits per heavy atom. The zero-order chi connectivity index (χ0) is 24.9. The molecule has 0 saturated heterocycles. The van der Waals surface area contributed by atoms with Gasteiger partial charge in [-0.05, 0) is 29.8 Å². The second-order valence-electron chi connectivity index (χ2n) is 8.20. The first-order valence-corrected chi connectivity index (χ1v) is 10.7. The lowest BCUT2D eigenvalue weighted by atomic mass is 9.92. The summed E-state index contributed by atoms with van der Waals surface area (Å²) in [4.78, 5) is 12.7. The molecule has 0 radical (unpaired) electrons. The fraction of sp³-hybridized carbons (Fsp3) is 0.240. The molecule has 4 atom stereocenters. The van der Waals surface area contributed by atoms with E-state index in [1.165, 1.54) is 19.2 Å². The van der Waals surface area contributed by atoms with Crippen LogP contribution in [-0.2, 0) is 0 Å². The van der Waals surface area contributed by atoms with Crippen LogP contribution in [0.4, 0.5) is 0 Å². The van der Waals surface area contributed by atoms with E-state index >= 15 is 0 Å². The van der Waals surface area contributed by atoms with Crippen LogP contribution in [0.25, 0.3) is 0 Å². The number of Topliss-reactive ketones (excluding diaryl/α,β-unsaturated/α-hetero) is 1. The van der Waals surface area contributed by atoms with Gasteiger partial charge in [-0.1, -0.05) is 12.1 Å². The van der Waals surface area contributed by atoms with E-state index in [4.69, 9.17) is 18.9 Å². The summed E-state index contributed by atoms with van der Waals surface area (Å²) in [6, 6.07) is 11.5. The third kappa shape index (κ3) is 3.82. The summed E-state index contributed by atoms with van der Waals surface area (Å²) in [5.41, 5.74) is 0.751. The zero-order valence-corrected chi connectivity index (χ0v) is 18.4. The smallest absolute Gasteiger partial charge is 0.202 e. The highest BCUT2D eigenvalue weighted by atomic mass is 16.6. The molecule has 10 nitrogen and oxygen atoms in total. The third-order valence-corrected chi connectivity index (χ3v) is 6.00. The number of methoxy groups -OCH3 is 1. The number of aliphatic hydroxyl groups excluding tert-OH is 2. The minimum absolute atomic E-state index is 0.0540. The first-order valence-electron chi connectivity index (χ1n) is 10.7. The molecule has 0 bridgehead atoms. The first-order chi connectivity index (χ1) is 16.8. The molecule has 5 rings (SSSR count). The Labute approximate surface area is 199 Å². The predicted octanol–water partition coefficient (Wildman–Crippen LogP) is 2.36. The van der Waals surface area contributed by atoms with Gasteiger partial charge < -0.3 is 44.5 Å². The van der Waals surface area contributed by atoms with Crippen molar-refractivity contribution < 1.29 is 49.3 Å². The zero-order valence-electron chi connectivity index (χ0n) is 18.4. The maximum absolute atomic E-state index is 12.7. The maximum atomic E-state index is 12.7. The Morgan fingerprint density at radius 3 is 2.29 bits per heavy atom. The van der Waals surface area contributed by atoms with Crippen molar-refractivity contribution >= 4 is 5.78 Å². The number of phenolic OH excluding ortho intramolecular Hbond substituents is 3. The summed E-state index contributed by atoms with van der Waals surface area (Å²) in [5.74, 6) is -0.823. The fourth-order valence-electron chi connectivity index (χ4n) is 4.28. The van der Waals surface area contributed by atoms with Gasteiger partial charge in [0.25, 0.3) is 0 Å². The standard InChI is InChI=1S/C25H22O10/c1-32-17-6-11(2-4-14(17)28)24-20(10-26)33-16-5-3-12(7-18(16)34-24)25-23(31)22(30)21-15(29)8-13(27)9-19(21)35-25/h2-9,20,23-29,31H,10H2,1H3/t20-,23?,24?,25-/m1/s1. The van der Waals surface area contributed by atoms with E-state index < -0.39 is 35.9 Å². The summed E-state index contributed by atoms with van der Waals surface area (Å²) < 4.78 is 23.0. The quantitative estimate of drug-likeness (QED) is 0.374. The largest absolute Gasteiger partial charge is 0.508 e. The summed E-state index contributed by atoms with van der Waals surface area (Å²) in [7, 11) is 1.41. The van der Waals surface area contributed by atoms with E-state index in [-0.39, 0.29) is 40.9 Å². The number of carbonyl (C=O) groups excluding carboxylic acids is 1. The van der Waals surface area contributed by atoms with Gasteiger partial charge in [0, 0.05) is 17.7 Å². The van der Waals surface area contributed by atoms with Gasteiger partial charge in [0.05, 0.1) is 13.7 Å². The van der Waals surface area contributed by atoms with Crippen molar-refractivity contribution in [1.82, 2.24) is 0 Å². The topological polar surface area (TPSA) is 155 Å². The van der Waals surface area contributed by atoms with Gasteiger partial charge >= 0.3 is 0 Å². The van der Waals surface area contributed by atoms with E-state index in [0.717, 1.165) is 6.07 Å². The Hall–Kier alpha value is -4.15. The number of hydrogen-bond donors (Lipinski definition) is 5. The van der Waals surface area contributed by atoms with Crippen molar-refractivity contribution in [2.24, 2.45) is 0 Å². The number of ether oxygens (including phenoxy) is 4. The molecule has 182 valence electrons. The molecule has 2 heterocycles. The van der Waals surface area contributed by atoms with Gasteiger partial charge in [0.1, 0.15) is 22.8 Å². The summed E-state index contributed by atoms with van der Waals surface area (Å²) in [6.45, 7) is -0.349. The number of fused-ring (bicyclic) bond motifs is 2. The summed E-state index contributed by atoms with van der Waals surface area (Å²) >= 11 is 0. The molecule has 0 saturated carbocycles. The van der Waals surface area contributed by atoms with Gasteiger partial charge in [-0.25, -0.2) is 0 Å². The van der Waals surface area contributed by atoms with Crippen LogP contribution in [0.1, 0.15) is 33.7 Å². The van der Waals surface area contributed by atoms with Crippen LogP contribution in [0, 0.1) is 0 Å². The Kier molecular flexibility index (Phi) is 5.54. The van der Waals surface area contributed by atoms with Gasteiger partial charge in [-0.3, -0.25) is 4.79 Å². The van der Waals surface area contributed by atoms with E-state index in [1.807, 2.05) is 0 Å². The lowest BCUT2D eigenvalue weighted by molar-refractivity contribution is -0.0130. The maximum Gasteiger partial charge on any atom is 0.202 e. The second kappa shape index (κ2) is 8.57. The molecule has 5 N–H and O–H groups in total. The van der Waals surface area contributed by atoms with Crippen LogP contribution in [-0.4, -0.2) is 57.2 Å². The van der Waals surface area contributed by atoms with Crippen LogP contribution >= 0.6 is 0 Å². The molecule has 0 aliphatic carbocycles. The van der Waals surface area contributed by atoms with Crippen molar-refractivity contribution in [3.63, 3.8) is 0 Å². The van der Waals surface area contributed by atoms with Gasteiger partial charge in [0.2, 0.25) is 5.78 Å². The highest BCUT2D eigenvalue weighted by molar-refractivity contribution is 6.05. The normalized spacial score (nSPS) is 22.8. The number of carbonyl (C=O) groups is 1. The lowest BCUT2D eigenvalue weighted by Gasteiger charge is -2.35. The summed E-state index contributed by atoms with van der Waals surface area (Å²) in [5, 5.41) is 50.2. The van der Waals surface area contributed by atoms with Crippen LogP contribution in [0.3, 0.4) is 0 Å². The molecule has 0 aromatic heterocycles. The van der Waals surface area contributed by atoms with Crippen LogP contribution in [0.2, 0.25) is 0 Å². The number of aromatic hydroxyl groups is 3. The highest BCUT2D eigenvalue weighted by Gasteiger charge is 2.40. The van der Waals surface area contributed by atoms with Crippen molar-refractivity contribution in [2.75, 3.05) is 13.7 Å². The van der Waals surface area contributed by atoms with Gasteiger partial charge in [-0.2, -0.15) is 0 Å². The number of ketones is 1. The summed E-state index contributed by atoms with van der Waals surface area (Å²) in [6.07, 6.45) is -4.28. The van der Waals surface area contributed by atoms with E-state index in [2.05, 4.69) is 0 Å². The Balaban J connectivity index is 1.49. The van der Waals surface area contributed by atoms with E-state index in [0.29, 0.717) is 16.9 Å². The van der Waals surface area contributed by atoms with Crippen molar-refractivity contribution in [3.05, 3.63) is 65.2 Å². The molecule has 10 heteroatoms. The van der Waals surface area contributed by atoms with E-state index in [9.17, 15) is 30.3 Å². The lowest BCUT2D eigenvalue weighted by Crippen LogP contribution is -2.37. The molecule has 3 aromatic rings. The molecule has 2 aliphatic heterocycles. The minimum atomic E-state index is -1.62. The SMILES string of the molecule is COc1cc(C2Oc3cc([C@H]4Oc5cc(O)cc(O)c5C(=O)C4O)ccc3O[C@@H]2CO)ccc1O. The van der Waals surface area contributed by atoms with Gasteiger partial charge in [0.15, 0.2) is 47.4 Å². The second-order valence-corrected chi connectivity index (χ2v) is 8.20. The number of benzene rings is 3. The molecule has 0 amide bonds. The average Bonchev–Trinajstić information content (AvgIpc) is 2.85. The van der Waals surface area contributed by atoms with Crippen LogP contribution < -0.4 is 18.9 Å². The van der Waals surface area contributed by atoms with E-state index in [1.54, 1.807) is 30.3 Å².